The van der Waals surface area contributed by atoms with Crippen molar-refractivity contribution in [3.05, 3.63) is 11.4 Å². The normalized spacial score (nSPS) is 25.7. The first-order valence-corrected chi connectivity index (χ1v) is 8.36. The van der Waals surface area contributed by atoms with Crippen LogP contribution in [0, 0.1) is 18.8 Å². The van der Waals surface area contributed by atoms with E-state index in [1.54, 1.807) is 0 Å². The smallest absolute Gasteiger partial charge is 0.134 e. The Morgan fingerprint density at radius 3 is 2.43 bits per heavy atom. The molecule has 3 unspecified atom stereocenters. The summed E-state index contributed by atoms with van der Waals surface area (Å²) in [5.74, 6) is 4.54. The molecule has 4 nitrogen and oxygen atoms in total. The second kappa shape index (κ2) is 7.10. The summed E-state index contributed by atoms with van der Waals surface area (Å²) in [5.41, 5.74) is 1.13. The fourth-order valence-corrected chi connectivity index (χ4v) is 3.15. The summed E-state index contributed by atoms with van der Waals surface area (Å²) in [5, 5.41) is 6.88. The molecular weight excluding hydrogens is 260 g/mol. The summed E-state index contributed by atoms with van der Waals surface area (Å²) in [6.45, 7) is 9.00. The van der Waals surface area contributed by atoms with Crippen molar-refractivity contribution in [2.24, 2.45) is 11.8 Å². The van der Waals surface area contributed by atoms with Crippen LogP contribution in [-0.2, 0) is 6.42 Å². The molecule has 0 radical (unpaired) electrons. The highest BCUT2D eigenvalue weighted by atomic mass is 15.1. The Bertz CT molecular complexity index is 472. The van der Waals surface area contributed by atoms with Gasteiger partial charge in [0.15, 0.2) is 0 Å². The molecular formula is C17H30N4. The van der Waals surface area contributed by atoms with Gasteiger partial charge in [0.1, 0.15) is 17.5 Å². The van der Waals surface area contributed by atoms with Gasteiger partial charge in [-0.2, -0.15) is 0 Å². The fourth-order valence-electron chi connectivity index (χ4n) is 3.15. The average molecular weight is 290 g/mol. The van der Waals surface area contributed by atoms with Crippen LogP contribution in [0.25, 0.3) is 0 Å². The van der Waals surface area contributed by atoms with Crippen molar-refractivity contribution < 1.29 is 0 Å². The molecule has 0 aromatic carbocycles. The molecule has 3 atom stereocenters. The van der Waals surface area contributed by atoms with E-state index in [0.717, 1.165) is 47.7 Å². The van der Waals surface area contributed by atoms with Crippen molar-refractivity contribution in [2.75, 3.05) is 17.7 Å². The van der Waals surface area contributed by atoms with Crippen LogP contribution in [0.1, 0.15) is 57.8 Å². The van der Waals surface area contributed by atoms with Crippen molar-refractivity contribution in [3.8, 4) is 0 Å². The average Bonchev–Trinajstić information content (AvgIpc) is 2.46. The molecule has 2 N–H and O–H groups in total. The Morgan fingerprint density at radius 2 is 1.81 bits per heavy atom. The number of nitrogens with one attached hydrogen (secondary N) is 2. The first-order chi connectivity index (χ1) is 10.0. The van der Waals surface area contributed by atoms with Crippen LogP contribution in [0.5, 0.6) is 0 Å². The Labute approximate surface area is 129 Å². The van der Waals surface area contributed by atoms with E-state index in [9.17, 15) is 0 Å². The second-order valence-corrected chi connectivity index (χ2v) is 6.57. The van der Waals surface area contributed by atoms with Crippen molar-refractivity contribution in [1.29, 1.82) is 0 Å². The molecule has 1 heterocycles. The second-order valence-electron chi connectivity index (χ2n) is 6.57. The molecule has 0 spiro atoms. The van der Waals surface area contributed by atoms with E-state index in [1.165, 1.54) is 19.3 Å². The molecule has 2 rings (SSSR count). The van der Waals surface area contributed by atoms with Gasteiger partial charge < -0.3 is 10.6 Å². The zero-order valence-corrected chi connectivity index (χ0v) is 14.2. The third-order valence-electron chi connectivity index (χ3n) is 4.84. The topological polar surface area (TPSA) is 49.8 Å². The lowest BCUT2D eigenvalue weighted by atomic mass is 9.79. The van der Waals surface area contributed by atoms with Gasteiger partial charge in [0.05, 0.1) is 0 Å². The number of anilines is 2. The summed E-state index contributed by atoms with van der Waals surface area (Å²) in [6.07, 6.45) is 5.80. The Hall–Kier alpha value is -1.32. The molecule has 0 amide bonds. The third-order valence-corrected chi connectivity index (χ3v) is 4.84. The van der Waals surface area contributed by atoms with Gasteiger partial charge in [0.25, 0.3) is 0 Å². The Balaban J connectivity index is 2.16. The minimum atomic E-state index is 0.545. The number of aryl methyl sites for hydroxylation is 1. The van der Waals surface area contributed by atoms with Gasteiger partial charge in [0, 0.05) is 25.1 Å². The number of aromatic nitrogens is 2. The monoisotopic (exact) mass is 290 g/mol. The lowest BCUT2D eigenvalue weighted by molar-refractivity contribution is 0.260. The molecule has 1 aromatic rings. The number of rotatable bonds is 5. The summed E-state index contributed by atoms with van der Waals surface area (Å²) in [4.78, 5) is 9.35. The summed E-state index contributed by atoms with van der Waals surface area (Å²) < 4.78 is 0. The zero-order valence-electron chi connectivity index (χ0n) is 14.2. The van der Waals surface area contributed by atoms with Gasteiger partial charge >= 0.3 is 0 Å². The lowest BCUT2D eigenvalue weighted by Gasteiger charge is -2.33. The van der Waals surface area contributed by atoms with E-state index in [1.807, 2.05) is 7.05 Å². The molecule has 4 heteroatoms. The maximum atomic E-state index is 4.75. The number of hydrogen-bond donors (Lipinski definition) is 2. The highest BCUT2D eigenvalue weighted by Gasteiger charge is 2.25. The molecule has 1 aromatic heterocycles. The lowest BCUT2D eigenvalue weighted by Crippen LogP contribution is -2.31. The maximum Gasteiger partial charge on any atom is 0.134 e. The van der Waals surface area contributed by atoms with Gasteiger partial charge in [-0.3, -0.25) is 0 Å². The van der Waals surface area contributed by atoms with E-state index in [2.05, 4.69) is 43.3 Å². The van der Waals surface area contributed by atoms with Gasteiger partial charge in [-0.15, -0.1) is 0 Å². The van der Waals surface area contributed by atoms with E-state index in [4.69, 9.17) is 4.98 Å². The molecule has 0 bridgehead atoms. The highest BCUT2D eigenvalue weighted by Crippen LogP contribution is 2.32. The summed E-state index contributed by atoms with van der Waals surface area (Å²) in [6, 6.07) is 0.545. The van der Waals surface area contributed by atoms with Crippen LogP contribution in [-0.4, -0.2) is 23.1 Å². The molecule has 1 aliphatic rings. The third kappa shape index (κ3) is 3.86. The van der Waals surface area contributed by atoms with E-state index >= 15 is 0 Å². The van der Waals surface area contributed by atoms with Crippen LogP contribution in [0.3, 0.4) is 0 Å². The predicted octanol–water partition coefficient (Wildman–Crippen LogP) is 4.02. The molecule has 21 heavy (non-hydrogen) atoms. The van der Waals surface area contributed by atoms with Crippen molar-refractivity contribution >= 4 is 11.6 Å². The maximum absolute atomic E-state index is 4.75. The molecule has 1 fully saturated rings. The van der Waals surface area contributed by atoms with E-state index < -0.39 is 0 Å². The fraction of sp³-hybridized carbons (Fsp3) is 0.765. The standard InChI is InChI=1S/C17H30N4/c1-6-7-15-20-16(18-5)13(4)17(21-15)19-14-9-8-11(2)12(3)10-14/h11-12,14H,6-10H2,1-5H3,(H2,18,19,20,21). The summed E-state index contributed by atoms with van der Waals surface area (Å²) >= 11 is 0. The first kappa shape index (κ1) is 16.1. The quantitative estimate of drug-likeness (QED) is 0.860. The van der Waals surface area contributed by atoms with E-state index in [-0.39, 0.29) is 0 Å². The van der Waals surface area contributed by atoms with Crippen LogP contribution in [0.2, 0.25) is 0 Å². The minimum Gasteiger partial charge on any atom is -0.373 e. The van der Waals surface area contributed by atoms with Crippen molar-refractivity contribution in [2.45, 2.75) is 65.8 Å². The van der Waals surface area contributed by atoms with Gasteiger partial charge in [-0.1, -0.05) is 20.8 Å². The molecule has 118 valence electrons. The largest absolute Gasteiger partial charge is 0.373 e. The SMILES string of the molecule is CCCc1nc(NC)c(C)c(NC2CCC(C)C(C)C2)n1. The highest BCUT2D eigenvalue weighted by molar-refractivity contribution is 5.57. The number of hydrogen-bond acceptors (Lipinski definition) is 4. The van der Waals surface area contributed by atoms with Gasteiger partial charge in [0.2, 0.25) is 0 Å². The van der Waals surface area contributed by atoms with Crippen molar-refractivity contribution in [3.63, 3.8) is 0 Å². The number of nitrogens with zero attached hydrogens (tertiary/aromatic N) is 2. The zero-order chi connectivity index (χ0) is 15.4. The Kier molecular flexibility index (Phi) is 5.43. The molecule has 0 saturated heterocycles. The van der Waals surface area contributed by atoms with Crippen LogP contribution < -0.4 is 10.6 Å². The van der Waals surface area contributed by atoms with E-state index in [0.29, 0.717) is 6.04 Å². The van der Waals surface area contributed by atoms with Crippen molar-refractivity contribution in [1.82, 2.24) is 9.97 Å². The predicted molar refractivity (Wildman–Crippen MR) is 89.9 cm³/mol. The van der Waals surface area contributed by atoms with Gasteiger partial charge in [-0.05, 0) is 44.4 Å². The van der Waals surface area contributed by atoms with Crippen LogP contribution >= 0.6 is 0 Å². The Morgan fingerprint density at radius 1 is 1.10 bits per heavy atom. The van der Waals surface area contributed by atoms with Crippen LogP contribution in [0.15, 0.2) is 0 Å². The first-order valence-electron chi connectivity index (χ1n) is 8.36. The molecule has 1 aliphatic carbocycles. The summed E-state index contributed by atoms with van der Waals surface area (Å²) in [7, 11) is 1.93. The molecule has 1 saturated carbocycles. The van der Waals surface area contributed by atoms with Gasteiger partial charge in [-0.25, -0.2) is 9.97 Å². The molecule has 0 aliphatic heterocycles. The minimum absolute atomic E-state index is 0.545. The van der Waals surface area contributed by atoms with Crippen LogP contribution in [0.4, 0.5) is 11.6 Å².